The molecular weight excluding hydrogens is 621 g/mol. The van der Waals surface area contributed by atoms with Crippen LogP contribution in [-0.2, 0) is 0 Å². The Morgan fingerprint density at radius 1 is 0.608 bits per heavy atom. The standard InChI is InChI=1S/C47H40N4/c1-3-40(50(41-16-8-4-9-17-41)42-18-10-5-11-19-42)29-24-36(2)46-32-27-38(34-48-46)39-28-33-47(49-35-39)37-25-30-45(31-26-37)51(43-20-12-6-13-21-43)44-22-14-7-15-23-44/h3-22,24-35,44H,1,23H2,2H3/b36-24+,40-29+. The van der Waals surface area contributed by atoms with E-state index in [1.165, 1.54) is 5.69 Å². The van der Waals surface area contributed by atoms with Crippen molar-refractivity contribution >= 4 is 28.3 Å². The molecule has 2 aromatic heterocycles. The maximum atomic E-state index is 4.84. The van der Waals surface area contributed by atoms with Crippen molar-refractivity contribution in [3.63, 3.8) is 0 Å². The van der Waals surface area contributed by atoms with E-state index in [9.17, 15) is 0 Å². The van der Waals surface area contributed by atoms with Gasteiger partial charge >= 0.3 is 0 Å². The molecule has 0 saturated carbocycles. The highest BCUT2D eigenvalue weighted by atomic mass is 15.2. The molecule has 4 heteroatoms. The number of anilines is 4. The topological polar surface area (TPSA) is 32.3 Å². The van der Waals surface area contributed by atoms with E-state index in [0.29, 0.717) is 0 Å². The highest BCUT2D eigenvalue weighted by Gasteiger charge is 2.19. The summed E-state index contributed by atoms with van der Waals surface area (Å²) in [4.78, 5) is 14.2. The number of aromatic nitrogens is 2. The summed E-state index contributed by atoms with van der Waals surface area (Å²) in [6.07, 6.45) is 19.6. The van der Waals surface area contributed by atoms with Crippen LogP contribution in [0.5, 0.6) is 0 Å². The molecule has 1 aliphatic rings. The molecule has 1 unspecified atom stereocenters. The first-order chi connectivity index (χ1) is 25.2. The first-order valence-electron chi connectivity index (χ1n) is 17.3. The summed E-state index contributed by atoms with van der Waals surface area (Å²) in [5.41, 5.74) is 11.5. The van der Waals surface area contributed by atoms with Crippen LogP contribution in [0.3, 0.4) is 0 Å². The Hall–Kier alpha value is -6.52. The van der Waals surface area contributed by atoms with Gasteiger partial charge < -0.3 is 9.80 Å². The fourth-order valence-electron chi connectivity index (χ4n) is 6.34. The third kappa shape index (κ3) is 7.71. The van der Waals surface area contributed by atoms with Gasteiger partial charge in [0, 0.05) is 57.5 Å². The molecule has 2 heterocycles. The lowest BCUT2D eigenvalue weighted by Gasteiger charge is -2.32. The molecule has 0 amide bonds. The van der Waals surface area contributed by atoms with Crippen LogP contribution in [-0.4, -0.2) is 16.0 Å². The molecule has 0 aliphatic heterocycles. The average Bonchev–Trinajstić information content (AvgIpc) is 3.21. The second kappa shape index (κ2) is 15.8. The Labute approximate surface area is 301 Å². The molecule has 0 N–H and O–H groups in total. The van der Waals surface area contributed by atoms with Crippen molar-refractivity contribution in [2.75, 3.05) is 9.80 Å². The quantitative estimate of drug-likeness (QED) is 0.129. The second-order valence-corrected chi connectivity index (χ2v) is 12.4. The molecule has 0 fully saturated rings. The lowest BCUT2D eigenvalue weighted by molar-refractivity contribution is 0.785. The maximum Gasteiger partial charge on any atom is 0.0702 e. The SMILES string of the molecule is C=C/C(=C\C=C(/C)c1ccc(-c2ccc(-c3ccc(N(c4ccccc4)C4C=CC=CC4)cc3)nc2)cn1)N(c1ccccc1)c1ccccc1. The van der Waals surface area contributed by atoms with Crippen LogP contribution in [0, 0.1) is 0 Å². The minimum Gasteiger partial charge on any atom is -0.334 e. The summed E-state index contributed by atoms with van der Waals surface area (Å²) in [5.74, 6) is 0. The number of para-hydroxylation sites is 3. The van der Waals surface area contributed by atoms with Crippen LogP contribution in [0.15, 0.2) is 207 Å². The number of hydrogen-bond donors (Lipinski definition) is 0. The Bertz CT molecular complexity index is 2120. The van der Waals surface area contributed by atoms with Gasteiger partial charge in [-0.25, -0.2) is 0 Å². The van der Waals surface area contributed by atoms with Gasteiger partial charge in [0.2, 0.25) is 0 Å². The molecule has 1 aliphatic carbocycles. The normalized spacial score (nSPS) is 14.3. The van der Waals surface area contributed by atoms with Crippen molar-refractivity contribution in [3.05, 3.63) is 212 Å². The van der Waals surface area contributed by atoms with Crippen LogP contribution in [0.1, 0.15) is 19.0 Å². The number of benzene rings is 4. The maximum absolute atomic E-state index is 4.84. The molecule has 7 rings (SSSR count). The Balaban J connectivity index is 1.06. The smallest absolute Gasteiger partial charge is 0.0702 e. The first-order valence-corrected chi connectivity index (χ1v) is 17.3. The van der Waals surface area contributed by atoms with Gasteiger partial charge in [-0.1, -0.05) is 116 Å². The molecule has 0 spiro atoms. The van der Waals surface area contributed by atoms with Crippen LogP contribution < -0.4 is 9.80 Å². The summed E-state index contributed by atoms with van der Waals surface area (Å²) in [5, 5.41) is 0. The van der Waals surface area contributed by atoms with Gasteiger partial charge in [-0.05, 0) is 91.7 Å². The largest absolute Gasteiger partial charge is 0.334 e. The summed E-state index contributed by atoms with van der Waals surface area (Å²) in [6, 6.07) is 48.6. The zero-order valence-corrected chi connectivity index (χ0v) is 28.8. The number of nitrogens with zero attached hydrogens (tertiary/aromatic N) is 4. The van der Waals surface area contributed by atoms with E-state index in [2.05, 4.69) is 163 Å². The Morgan fingerprint density at radius 2 is 1.18 bits per heavy atom. The number of hydrogen-bond acceptors (Lipinski definition) is 4. The van der Waals surface area contributed by atoms with Crippen molar-refractivity contribution in [3.8, 4) is 22.4 Å². The van der Waals surface area contributed by atoms with Gasteiger partial charge in [-0.15, -0.1) is 0 Å². The molecule has 248 valence electrons. The van der Waals surface area contributed by atoms with Crippen molar-refractivity contribution in [1.82, 2.24) is 9.97 Å². The Morgan fingerprint density at radius 3 is 1.71 bits per heavy atom. The molecule has 0 saturated heterocycles. The first kappa shape index (κ1) is 33.0. The van der Waals surface area contributed by atoms with E-state index in [4.69, 9.17) is 9.97 Å². The van der Waals surface area contributed by atoms with Gasteiger partial charge in [-0.3, -0.25) is 9.97 Å². The van der Waals surface area contributed by atoms with Crippen LogP contribution in [0.4, 0.5) is 22.7 Å². The van der Waals surface area contributed by atoms with Gasteiger partial charge in [0.25, 0.3) is 0 Å². The minimum absolute atomic E-state index is 0.269. The van der Waals surface area contributed by atoms with Crippen LogP contribution >= 0.6 is 0 Å². The average molecular weight is 661 g/mol. The molecule has 6 aromatic rings. The summed E-state index contributed by atoms with van der Waals surface area (Å²) >= 11 is 0. The van der Waals surface area contributed by atoms with E-state index in [1.54, 1.807) is 0 Å². The molecule has 4 aromatic carbocycles. The van der Waals surface area contributed by atoms with E-state index >= 15 is 0 Å². The highest BCUT2D eigenvalue weighted by molar-refractivity contribution is 5.73. The fourth-order valence-corrected chi connectivity index (χ4v) is 6.34. The predicted molar refractivity (Wildman–Crippen MR) is 215 cm³/mol. The second-order valence-electron chi connectivity index (χ2n) is 12.4. The Kier molecular flexibility index (Phi) is 10.2. The van der Waals surface area contributed by atoms with E-state index in [0.717, 1.165) is 62.8 Å². The zero-order valence-electron chi connectivity index (χ0n) is 28.8. The lowest BCUT2D eigenvalue weighted by atomic mass is 10.0. The van der Waals surface area contributed by atoms with Crippen molar-refractivity contribution in [2.24, 2.45) is 0 Å². The monoisotopic (exact) mass is 660 g/mol. The summed E-state index contributed by atoms with van der Waals surface area (Å²) in [7, 11) is 0. The molecule has 0 bridgehead atoms. The van der Waals surface area contributed by atoms with Gasteiger partial charge in [0.1, 0.15) is 0 Å². The summed E-state index contributed by atoms with van der Waals surface area (Å²) in [6.45, 7) is 6.21. The molecule has 1 atom stereocenters. The van der Waals surface area contributed by atoms with Crippen LogP contribution in [0.2, 0.25) is 0 Å². The molecule has 4 nitrogen and oxygen atoms in total. The van der Waals surface area contributed by atoms with Gasteiger partial charge in [0.15, 0.2) is 0 Å². The van der Waals surface area contributed by atoms with Gasteiger partial charge in [-0.2, -0.15) is 0 Å². The third-order valence-corrected chi connectivity index (χ3v) is 9.03. The van der Waals surface area contributed by atoms with Crippen molar-refractivity contribution in [1.29, 1.82) is 0 Å². The molecule has 51 heavy (non-hydrogen) atoms. The van der Waals surface area contributed by atoms with Crippen molar-refractivity contribution < 1.29 is 0 Å². The van der Waals surface area contributed by atoms with E-state index in [1.807, 2.05) is 54.9 Å². The fraction of sp³-hybridized carbons (Fsp3) is 0.0638. The van der Waals surface area contributed by atoms with E-state index in [-0.39, 0.29) is 6.04 Å². The van der Waals surface area contributed by atoms with E-state index < -0.39 is 0 Å². The number of rotatable bonds is 11. The number of allylic oxidation sites excluding steroid dienone is 6. The predicted octanol–water partition coefficient (Wildman–Crippen LogP) is 12.1. The third-order valence-electron chi connectivity index (χ3n) is 9.03. The zero-order chi connectivity index (χ0) is 34.8. The summed E-state index contributed by atoms with van der Waals surface area (Å²) < 4.78 is 0. The van der Waals surface area contributed by atoms with Crippen molar-refractivity contribution in [2.45, 2.75) is 19.4 Å². The number of pyridine rings is 2. The van der Waals surface area contributed by atoms with Crippen LogP contribution in [0.25, 0.3) is 28.0 Å². The highest BCUT2D eigenvalue weighted by Crippen LogP contribution is 2.33. The minimum atomic E-state index is 0.269. The molecule has 0 radical (unpaired) electrons. The molecular formula is C47H40N4. The van der Waals surface area contributed by atoms with Gasteiger partial charge in [0.05, 0.1) is 17.4 Å². The lowest BCUT2D eigenvalue weighted by Crippen LogP contribution is -2.29.